The molecule has 0 heterocycles. The van der Waals surface area contributed by atoms with Crippen LogP contribution in [0, 0.1) is 0 Å². The molecular weight excluding hydrogens is 508 g/mol. The summed E-state index contributed by atoms with van der Waals surface area (Å²) in [5, 5.41) is 8.56. The molecule has 0 aliphatic heterocycles. The van der Waals surface area contributed by atoms with Crippen LogP contribution in [0.1, 0.15) is 12.8 Å². The Balaban J connectivity index is 3.01. The van der Waals surface area contributed by atoms with E-state index in [-0.39, 0.29) is 6.61 Å². The Kier molecular flexibility index (Phi) is 36.0. The van der Waals surface area contributed by atoms with Crippen LogP contribution >= 0.6 is 0 Å². The van der Waals surface area contributed by atoms with Gasteiger partial charge in [-0.1, -0.05) is 0 Å². The highest BCUT2D eigenvalue weighted by Gasteiger charge is 1.96. The normalized spacial score (nSPS) is 11.5. The molecule has 1 N–H and O–H groups in total. The third-order valence-corrected chi connectivity index (χ3v) is 4.43. The number of aliphatic hydroxyl groups excluding tert-OH is 1. The largest absolute Gasteiger partial charge is 0.394 e. The Hall–Kier alpha value is -0.520. The highest BCUT2D eigenvalue weighted by molar-refractivity contribution is 4.39. The van der Waals surface area contributed by atoms with Gasteiger partial charge in [0.25, 0.3) is 0 Å². The zero-order valence-corrected chi connectivity index (χ0v) is 23.3. The van der Waals surface area contributed by atoms with Crippen molar-refractivity contribution in [3.05, 3.63) is 0 Å². The van der Waals surface area contributed by atoms with E-state index in [0.29, 0.717) is 139 Å². The molecule has 0 saturated carbocycles. The fraction of sp³-hybridized carbons (Fsp3) is 1.00. The summed E-state index contributed by atoms with van der Waals surface area (Å²) >= 11 is 0. The first-order valence-electron chi connectivity index (χ1n) is 13.5. The van der Waals surface area contributed by atoms with Gasteiger partial charge >= 0.3 is 0 Å². The number of methoxy groups -OCH3 is 1. The molecule has 0 aliphatic rings. The summed E-state index contributed by atoms with van der Waals surface area (Å²) in [7, 11) is 1.65. The molecule has 0 rings (SSSR count). The van der Waals surface area contributed by atoms with E-state index in [4.69, 9.17) is 62.3 Å². The first kappa shape index (κ1) is 37.5. The lowest BCUT2D eigenvalue weighted by Gasteiger charge is -2.08. The minimum Gasteiger partial charge on any atom is -0.394 e. The second-order valence-electron chi connectivity index (χ2n) is 7.58. The summed E-state index contributed by atoms with van der Waals surface area (Å²) in [6, 6.07) is 0. The summed E-state index contributed by atoms with van der Waals surface area (Å²) < 4.78 is 53.1. The number of hydrogen-bond donors (Lipinski definition) is 1. The van der Waals surface area contributed by atoms with E-state index >= 15 is 0 Å². The molecule has 0 atom stereocenters. The van der Waals surface area contributed by atoms with Crippen molar-refractivity contribution in [2.75, 3.05) is 152 Å². The smallest absolute Gasteiger partial charge is 0.106 e. The minimum atomic E-state index is 0.0264. The molecule has 0 bridgehead atoms. The number of ether oxygens (including phenoxy) is 10. The van der Waals surface area contributed by atoms with Crippen LogP contribution in [-0.4, -0.2) is 158 Å². The lowest BCUT2D eigenvalue weighted by Crippen LogP contribution is -2.15. The van der Waals surface area contributed by atoms with Crippen LogP contribution in [0.5, 0.6) is 0 Å². The van der Waals surface area contributed by atoms with Crippen LogP contribution in [-0.2, 0) is 57.1 Å². The second kappa shape index (κ2) is 36.5. The molecule has 38 heavy (non-hydrogen) atoms. The van der Waals surface area contributed by atoms with Gasteiger partial charge < -0.3 is 52.5 Å². The molecule has 13 heteroatoms. The third kappa shape index (κ3) is 35.5. The summed E-state index contributed by atoms with van der Waals surface area (Å²) in [5.41, 5.74) is 0. The lowest BCUT2D eigenvalue weighted by molar-refractivity contribution is -0.299. The Morgan fingerprint density at radius 1 is 0.316 bits per heavy atom. The number of hydrogen-bond acceptors (Lipinski definition) is 13. The molecule has 0 radical (unpaired) electrons. The summed E-state index contributed by atoms with van der Waals surface area (Å²) in [6.07, 6.45) is 1.77. The van der Waals surface area contributed by atoms with Crippen molar-refractivity contribution < 1.29 is 62.3 Å². The topological polar surface area (TPSA) is 131 Å². The van der Waals surface area contributed by atoms with Gasteiger partial charge in [0.15, 0.2) is 0 Å². The summed E-state index contributed by atoms with van der Waals surface area (Å²) in [6.45, 7) is 10.7. The average Bonchev–Trinajstić information content (AvgIpc) is 2.93. The Bertz CT molecular complexity index is 371. The molecule has 0 unspecified atom stereocenters. The maximum Gasteiger partial charge on any atom is 0.106 e. The molecule has 0 fully saturated rings. The van der Waals surface area contributed by atoms with Crippen molar-refractivity contribution in [1.29, 1.82) is 0 Å². The van der Waals surface area contributed by atoms with Crippen molar-refractivity contribution in [1.82, 2.24) is 0 Å². The van der Waals surface area contributed by atoms with Crippen LogP contribution in [0.25, 0.3) is 0 Å². The molecule has 0 aromatic rings. The van der Waals surface area contributed by atoms with Gasteiger partial charge in [0, 0.05) is 13.7 Å². The maximum atomic E-state index is 8.56. The van der Waals surface area contributed by atoms with Crippen LogP contribution in [0.15, 0.2) is 0 Å². The Morgan fingerprint density at radius 3 is 1.00 bits per heavy atom. The second-order valence-corrected chi connectivity index (χ2v) is 7.58. The van der Waals surface area contributed by atoms with Gasteiger partial charge in [0.2, 0.25) is 0 Å². The van der Waals surface area contributed by atoms with E-state index in [1.807, 2.05) is 0 Å². The van der Waals surface area contributed by atoms with Gasteiger partial charge in [0.1, 0.15) is 6.61 Å². The highest BCUT2D eigenvalue weighted by atomic mass is 17.2. The van der Waals surface area contributed by atoms with Gasteiger partial charge in [-0.3, -0.25) is 0 Å². The van der Waals surface area contributed by atoms with Crippen LogP contribution < -0.4 is 0 Å². The fourth-order valence-corrected chi connectivity index (χ4v) is 2.53. The molecule has 0 aromatic heterocycles. The van der Waals surface area contributed by atoms with E-state index in [2.05, 4.69) is 0 Å². The third-order valence-electron chi connectivity index (χ3n) is 4.43. The fourth-order valence-electron chi connectivity index (χ4n) is 2.53. The van der Waals surface area contributed by atoms with E-state index in [1.54, 1.807) is 7.11 Å². The molecule has 13 nitrogen and oxygen atoms in total. The zero-order chi connectivity index (χ0) is 27.5. The first-order chi connectivity index (χ1) is 18.9. The number of rotatable bonds is 35. The molecule has 0 amide bonds. The van der Waals surface area contributed by atoms with Gasteiger partial charge in [-0.15, -0.1) is 0 Å². The number of aliphatic hydroxyl groups is 1. The van der Waals surface area contributed by atoms with Crippen molar-refractivity contribution >= 4 is 0 Å². The predicted molar refractivity (Wildman–Crippen MR) is 137 cm³/mol. The standard InChI is InChI=1S/C25H52O13/c1-27-8-9-30-12-10-28-5-2-3-6-37-38-25-24-36-23-22-35-21-20-34-19-18-33-17-16-32-15-14-31-13-11-29-7-4-26/h26H,2-25H2,1H3. The molecule has 0 aromatic carbocycles. The van der Waals surface area contributed by atoms with Gasteiger partial charge in [-0.2, -0.15) is 0 Å². The lowest BCUT2D eigenvalue weighted by atomic mass is 10.3. The molecule has 0 spiro atoms. The quantitative estimate of drug-likeness (QED) is 0.0656. The Labute approximate surface area is 228 Å². The maximum absolute atomic E-state index is 8.56. The first-order valence-corrected chi connectivity index (χ1v) is 13.5. The Morgan fingerprint density at radius 2 is 0.605 bits per heavy atom. The van der Waals surface area contributed by atoms with Gasteiger partial charge in [-0.25, -0.2) is 9.78 Å². The van der Waals surface area contributed by atoms with Crippen molar-refractivity contribution in [2.45, 2.75) is 12.8 Å². The van der Waals surface area contributed by atoms with Crippen molar-refractivity contribution in [3.8, 4) is 0 Å². The van der Waals surface area contributed by atoms with E-state index in [0.717, 1.165) is 12.8 Å². The predicted octanol–water partition coefficient (Wildman–Crippen LogP) is 0.503. The molecule has 230 valence electrons. The number of unbranched alkanes of at least 4 members (excludes halogenated alkanes) is 1. The van der Waals surface area contributed by atoms with E-state index in [1.165, 1.54) is 0 Å². The SMILES string of the molecule is COCCOCCOCCCCOOCCOCCOCCOCCOCCOCCOCCOCCO. The molecular formula is C25H52O13. The highest BCUT2D eigenvalue weighted by Crippen LogP contribution is 1.93. The van der Waals surface area contributed by atoms with Crippen LogP contribution in [0.3, 0.4) is 0 Å². The zero-order valence-electron chi connectivity index (χ0n) is 23.3. The van der Waals surface area contributed by atoms with Crippen molar-refractivity contribution in [3.63, 3.8) is 0 Å². The molecule has 0 saturated heterocycles. The van der Waals surface area contributed by atoms with E-state index in [9.17, 15) is 0 Å². The van der Waals surface area contributed by atoms with Gasteiger partial charge in [-0.05, 0) is 12.8 Å². The van der Waals surface area contributed by atoms with Gasteiger partial charge in [0.05, 0.1) is 132 Å². The average molecular weight is 561 g/mol. The monoisotopic (exact) mass is 560 g/mol. The van der Waals surface area contributed by atoms with Crippen molar-refractivity contribution in [2.24, 2.45) is 0 Å². The van der Waals surface area contributed by atoms with E-state index < -0.39 is 0 Å². The molecule has 0 aliphatic carbocycles. The minimum absolute atomic E-state index is 0.0264. The van der Waals surface area contributed by atoms with Crippen LogP contribution in [0.2, 0.25) is 0 Å². The summed E-state index contributed by atoms with van der Waals surface area (Å²) in [5.74, 6) is 0. The summed E-state index contributed by atoms with van der Waals surface area (Å²) in [4.78, 5) is 10.2. The van der Waals surface area contributed by atoms with Crippen LogP contribution in [0.4, 0.5) is 0 Å².